The van der Waals surface area contributed by atoms with E-state index in [1.807, 2.05) is 0 Å². The number of amides is 1. The highest BCUT2D eigenvalue weighted by molar-refractivity contribution is 5.77. The van der Waals surface area contributed by atoms with Crippen molar-refractivity contribution in [3.05, 3.63) is 12.2 Å². The molecule has 0 aliphatic heterocycles. The zero-order valence-electron chi connectivity index (χ0n) is 44.9. The van der Waals surface area contributed by atoms with Crippen molar-refractivity contribution in [2.45, 2.75) is 354 Å². The first-order valence-electron chi connectivity index (χ1n) is 29.9. The second kappa shape index (κ2) is 54.5. The van der Waals surface area contributed by atoms with Crippen LogP contribution in [0.3, 0.4) is 0 Å². The predicted molar refractivity (Wildman–Crippen MR) is 287 cm³/mol. The Hall–Kier alpha value is -1.40. The first-order chi connectivity index (χ1) is 32.5. The molecule has 0 spiro atoms. The van der Waals surface area contributed by atoms with Gasteiger partial charge in [0.2, 0.25) is 5.91 Å². The molecule has 0 aromatic carbocycles. The summed E-state index contributed by atoms with van der Waals surface area (Å²) in [6.45, 7) is 6.53. The van der Waals surface area contributed by atoms with Gasteiger partial charge in [-0.3, -0.25) is 9.59 Å². The van der Waals surface area contributed by atoms with Crippen LogP contribution in [0.2, 0.25) is 0 Å². The van der Waals surface area contributed by atoms with E-state index in [-0.39, 0.29) is 24.9 Å². The van der Waals surface area contributed by atoms with Crippen LogP contribution < -0.4 is 5.32 Å². The highest BCUT2D eigenvalue weighted by atomic mass is 16.5. The Morgan fingerprint density at radius 3 is 1.09 bits per heavy atom. The summed E-state index contributed by atoms with van der Waals surface area (Å²) in [6, 6.07) is -0.701. The Labute approximate surface area is 412 Å². The van der Waals surface area contributed by atoms with Crippen molar-refractivity contribution >= 4 is 11.9 Å². The lowest BCUT2D eigenvalue weighted by Crippen LogP contribution is -2.46. The molecule has 0 saturated carbocycles. The average Bonchev–Trinajstić information content (AvgIpc) is 3.31. The van der Waals surface area contributed by atoms with Gasteiger partial charge in [0.1, 0.15) is 6.10 Å². The largest absolute Gasteiger partial charge is 0.462 e. The van der Waals surface area contributed by atoms with Crippen LogP contribution in [0.25, 0.3) is 0 Å². The third-order valence-corrected chi connectivity index (χ3v) is 14.1. The average molecular weight is 933 g/mol. The van der Waals surface area contributed by atoms with Crippen molar-refractivity contribution in [3.63, 3.8) is 0 Å². The summed E-state index contributed by atoms with van der Waals surface area (Å²) in [5, 5.41) is 23.9. The van der Waals surface area contributed by atoms with Gasteiger partial charge >= 0.3 is 5.97 Å². The van der Waals surface area contributed by atoms with Gasteiger partial charge in [-0.05, 0) is 51.4 Å². The molecular formula is C60H117NO5. The van der Waals surface area contributed by atoms with E-state index < -0.39 is 18.2 Å². The molecule has 6 nitrogen and oxygen atoms in total. The first kappa shape index (κ1) is 64.6. The molecule has 0 fully saturated rings. The monoisotopic (exact) mass is 932 g/mol. The van der Waals surface area contributed by atoms with Crippen LogP contribution in [-0.2, 0) is 14.3 Å². The summed E-state index contributed by atoms with van der Waals surface area (Å²) in [5.41, 5.74) is 0. The standard InChI is InChI=1S/C60H117NO5/c1-4-7-10-13-16-19-22-25-28-31-33-36-39-42-45-48-51-56(66-60(65)53-50-47-44-41-38-35-30-27-24-21-18-15-12-9-6-3)54-59(64)61-57(55-62)58(63)52-49-46-43-40-37-34-32-29-26-23-20-17-14-11-8-5-2/h33,36,56-58,62-63H,4-32,34-35,37-55H2,1-3H3,(H,61,64)/b36-33+. The Morgan fingerprint density at radius 1 is 0.424 bits per heavy atom. The molecule has 3 unspecified atom stereocenters. The maximum Gasteiger partial charge on any atom is 0.306 e. The Bertz CT molecular complexity index is 1000. The molecule has 0 rings (SSSR count). The topological polar surface area (TPSA) is 95.9 Å². The van der Waals surface area contributed by atoms with Gasteiger partial charge in [-0.1, -0.05) is 283 Å². The zero-order chi connectivity index (χ0) is 48.1. The van der Waals surface area contributed by atoms with Crippen LogP contribution in [0.1, 0.15) is 335 Å². The fraction of sp³-hybridized carbons (Fsp3) is 0.933. The van der Waals surface area contributed by atoms with Gasteiger partial charge < -0.3 is 20.3 Å². The number of carbonyl (C=O) groups excluding carboxylic acids is 2. The number of allylic oxidation sites excluding steroid dienone is 2. The molecular weight excluding hydrogens is 815 g/mol. The maximum absolute atomic E-state index is 13.3. The molecule has 0 heterocycles. The fourth-order valence-electron chi connectivity index (χ4n) is 9.55. The van der Waals surface area contributed by atoms with Crippen molar-refractivity contribution in [2.75, 3.05) is 6.61 Å². The van der Waals surface area contributed by atoms with Gasteiger partial charge in [-0.2, -0.15) is 0 Å². The van der Waals surface area contributed by atoms with Crippen LogP contribution in [0.5, 0.6) is 0 Å². The van der Waals surface area contributed by atoms with E-state index in [0.717, 1.165) is 57.8 Å². The molecule has 0 bridgehead atoms. The Balaban J connectivity index is 4.52. The van der Waals surface area contributed by atoms with E-state index in [1.54, 1.807) is 0 Å². The summed E-state index contributed by atoms with van der Waals surface area (Å²) < 4.78 is 5.97. The van der Waals surface area contributed by atoms with Crippen LogP contribution >= 0.6 is 0 Å². The summed E-state index contributed by atoms with van der Waals surface area (Å²) in [6.07, 6.45) is 62.8. The van der Waals surface area contributed by atoms with E-state index >= 15 is 0 Å². The molecule has 0 saturated heterocycles. The second-order valence-electron chi connectivity index (χ2n) is 20.8. The minimum atomic E-state index is -0.787. The SMILES string of the molecule is CCCCCCCCCCC/C=C/CCCCCC(CC(=O)NC(CO)C(O)CCCCCCCCCCCCCCCCCC)OC(=O)CCCCCCCCCCCCCCCCC. The molecule has 3 atom stereocenters. The van der Waals surface area contributed by atoms with Crippen molar-refractivity contribution in [3.8, 4) is 0 Å². The number of hydrogen-bond donors (Lipinski definition) is 3. The van der Waals surface area contributed by atoms with Gasteiger partial charge in [-0.25, -0.2) is 0 Å². The van der Waals surface area contributed by atoms with Crippen LogP contribution in [-0.4, -0.2) is 46.9 Å². The molecule has 66 heavy (non-hydrogen) atoms. The van der Waals surface area contributed by atoms with E-state index in [1.165, 1.54) is 231 Å². The van der Waals surface area contributed by atoms with Gasteiger partial charge in [0.25, 0.3) is 0 Å². The molecule has 1 amide bonds. The Morgan fingerprint density at radius 2 is 0.727 bits per heavy atom. The van der Waals surface area contributed by atoms with Gasteiger partial charge in [-0.15, -0.1) is 0 Å². The molecule has 0 aliphatic carbocycles. The van der Waals surface area contributed by atoms with Crippen molar-refractivity contribution in [1.82, 2.24) is 5.32 Å². The zero-order valence-corrected chi connectivity index (χ0v) is 44.9. The highest BCUT2D eigenvalue weighted by Gasteiger charge is 2.24. The van der Waals surface area contributed by atoms with Gasteiger partial charge in [0, 0.05) is 6.42 Å². The number of aliphatic hydroxyl groups is 2. The van der Waals surface area contributed by atoms with E-state index in [9.17, 15) is 19.8 Å². The lowest BCUT2D eigenvalue weighted by atomic mass is 10.0. The smallest absolute Gasteiger partial charge is 0.306 e. The normalized spacial score (nSPS) is 13.1. The van der Waals surface area contributed by atoms with Gasteiger partial charge in [0.05, 0.1) is 25.2 Å². The molecule has 0 aliphatic rings. The highest BCUT2D eigenvalue weighted by Crippen LogP contribution is 2.19. The van der Waals surface area contributed by atoms with E-state index in [2.05, 4.69) is 38.2 Å². The predicted octanol–water partition coefficient (Wildman–Crippen LogP) is 18.5. The number of esters is 1. The third kappa shape index (κ3) is 49.0. The molecule has 0 aromatic heterocycles. The minimum absolute atomic E-state index is 0.0749. The summed E-state index contributed by atoms with van der Waals surface area (Å²) in [5.74, 6) is -0.464. The van der Waals surface area contributed by atoms with Crippen LogP contribution in [0, 0.1) is 0 Å². The van der Waals surface area contributed by atoms with Crippen molar-refractivity contribution in [2.24, 2.45) is 0 Å². The van der Waals surface area contributed by atoms with Crippen molar-refractivity contribution in [1.29, 1.82) is 0 Å². The van der Waals surface area contributed by atoms with Gasteiger partial charge in [0.15, 0.2) is 0 Å². The van der Waals surface area contributed by atoms with Crippen LogP contribution in [0.4, 0.5) is 0 Å². The number of aliphatic hydroxyl groups excluding tert-OH is 2. The quantitative estimate of drug-likeness (QED) is 0.0321. The number of ether oxygens (including phenoxy) is 1. The number of unbranched alkanes of at least 4 members (excludes halogenated alkanes) is 41. The molecule has 3 N–H and O–H groups in total. The maximum atomic E-state index is 13.3. The Kier molecular flexibility index (Phi) is 53.4. The number of hydrogen-bond acceptors (Lipinski definition) is 5. The fourth-order valence-corrected chi connectivity index (χ4v) is 9.55. The molecule has 6 heteroatoms. The summed E-state index contributed by atoms with van der Waals surface area (Å²) in [4.78, 5) is 26.3. The minimum Gasteiger partial charge on any atom is -0.462 e. The van der Waals surface area contributed by atoms with Crippen LogP contribution in [0.15, 0.2) is 12.2 Å². The second-order valence-corrected chi connectivity index (χ2v) is 20.8. The number of rotatable bonds is 55. The lowest BCUT2D eigenvalue weighted by molar-refractivity contribution is -0.151. The number of nitrogens with one attached hydrogen (secondary N) is 1. The molecule has 0 aromatic rings. The lowest BCUT2D eigenvalue weighted by Gasteiger charge is -2.24. The van der Waals surface area contributed by atoms with Crippen molar-refractivity contribution < 1.29 is 24.5 Å². The summed E-state index contributed by atoms with van der Waals surface area (Å²) >= 11 is 0. The molecule has 0 radical (unpaired) electrons. The first-order valence-corrected chi connectivity index (χ1v) is 29.9. The molecule has 392 valence electrons. The number of carbonyl (C=O) groups is 2. The van der Waals surface area contributed by atoms with E-state index in [4.69, 9.17) is 4.74 Å². The summed E-state index contributed by atoms with van der Waals surface area (Å²) in [7, 11) is 0. The van der Waals surface area contributed by atoms with E-state index in [0.29, 0.717) is 19.3 Å². The third-order valence-electron chi connectivity index (χ3n) is 14.1.